The number of nitrogens with zero attached hydrogens (tertiary/aromatic N) is 1. The number of carbonyl (C=O) groups is 3. The van der Waals surface area contributed by atoms with Gasteiger partial charge in [0.2, 0.25) is 5.91 Å². The van der Waals surface area contributed by atoms with Gasteiger partial charge in [-0.05, 0) is 78.7 Å². The van der Waals surface area contributed by atoms with Gasteiger partial charge in [-0.1, -0.05) is 42.5 Å². The molecule has 0 radical (unpaired) electrons. The fourth-order valence-electron chi connectivity index (χ4n) is 4.20. The van der Waals surface area contributed by atoms with Crippen LogP contribution in [0.15, 0.2) is 108 Å². The maximum Gasteiger partial charge on any atom is 0.310 e. The largest absolute Gasteiger partial charge is 0.466 e. The van der Waals surface area contributed by atoms with Gasteiger partial charge in [-0.15, -0.1) is 0 Å². The summed E-state index contributed by atoms with van der Waals surface area (Å²) < 4.78 is 10.9. The molecule has 2 amide bonds. The highest BCUT2D eigenvalue weighted by Crippen LogP contribution is 2.23. The van der Waals surface area contributed by atoms with Gasteiger partial charge < -0.3 is 31.6 Å². The zero-order valence-electron chi connectivity index (χ0n) is 23.7. The lowest BCUT2D eigenvalue weighted by Gasteiger charge is -2.19. The summed E-state index contributed by atoms with van der Waals surface area (Å²) in [4.78, 5) is 42.5. The molecule has 0 aliphatic rings. The Bertz CT molecular complexity index is 1570. The molecule has 0 aliphatic heterocycles. The summed E-state index contributed by atoms with van der Waals surface area (Å²) in [5.74, 6) is -0.0106. The number of nitrogens with two attached hydrogens (primary N) is 2. The maximum absolute atomic E-state index is 13.5. The molecule has 0 heterocycles. The fraction of sp³-hybridized carbons (Fsp3) is 0.152. The first kappa shape index (κ1) is 30.3. The number of hydrogen-bond donors (Lipinski definition) is 4. The van der Waals surface area contributed by atoms with Crippen molar-refractivity contribution in [3.05, 3.63) is 120 Å². The summed E-state index contributed by atoms with van der Waals surface area (Å²) >= 11 is 0. The van der Waals surface area contributed by atoms with Crippen molar-refractivity contribution < 1.29 is 23.9 Å². The molecular weight excluding hydrogens is 546 g/mol. The van der Waals surface area contributed by atoms with Gasteiger partial charge in [-0.3, -0.25) is 14.4 Å². The van der Waals surface area contributed by atoms with Crippen LogP contribution in [0.3, 0.4) is 0 Å². The first-order chi connectivity index (χ1) is 20.8. The van der Waals surface area contributed by atoms with E-state index in [0.717, 1.165) is 11.1 Å². The molecule has 220 valence electrons. The summed E-state index contributed by atoms with van der Waals surface area (Å²) in [6.07, 6.45) is 0.320. The molecule has 4 aromatic rings. The van der Waals surface area contributed by atoms with E-state index < -0.39 is 17.9 Å². The first-order valence-electron chi connectivity index (χ1n) is 13.7. The van der Waals surface area contributed by atoms with E-state index in [1.54, 1.807) is 55.5 Å². The predicted octanol–water partition coefficient (Wildman–Crippen LogP) is 4.47. The van der Waals surface area contributed by atoms with Crippen LogP contribution in [0, 0.1) is 0 Å². The molecule has 4 aromatic carbocycles. The molecule has 6 N–H and O–H groups in total. The Morgan fingerprint density at radius 3 is 2.19 bits per heavy atom. The van der Waals surface area contributed by atoms with Crippen LogP contribution in [0.4, 0.5) is 11.4 Å². The third-order valence-electron chi connectivity index (χ3n) is 6.20. The molecule has 0 aromatic heterocycles. The van der Waals surface area contributed by atoms with Crippen molar-refractivity contribution in [3.63, 3.8) is 0 Å². The highest BCUT2D eigenvalue weighted by Gasteiger charge is 2.23. The minimum Gasteiger partial charge on any atom is -0.466 e. The fourth-order valence-corrected chi connectivity index (χ4v) is 4.20. The van der Waals surface area contributed by atoms with E-state index in [9.17, 15) is 14.4 Å². The van der Waals surface area contributed by atoms with Gasteiger partial charge in [0.1, 0.15) is 17.5 Å². The number of anilines is 1. The van der Waals surface area contributed by atoms with Gasteiger partial charge >= 0.3 is 5.97 Å². The monoisotopic (exact) mass is 579 g/mol. The Labute approximate surface area is 249 Å². The second-order valence-corrected chi connectivity index (χ2v) is 9.54. The minimum absolute atomic E-state index is 0.0960. The molecule has 10 nitrogen and oxygen atoms in total. The zero-order valence-corrected chi connectivity index (χ0v) is 23.7. The average Bonchev–Trinajstić information content (AvgIpc) is 2.99. The number of nitrogens with one attached hydrogen (secondary N) is 2. The molecule has 0 bridgehead atoms. The molecule has 43 heavy (non-hydrogen) atoms. The van der Waals surface area contributed by atoms with Gasteiger partial charge in [-0.2, -0.15) is 0 Å². The lowest BCUT2D eigenvalue weighted by molar-refractivity contribution is -0.142. The lowest BCUT2D eigenvalue weighted by atomic mass is 10.0. The number of guanidine groups is 1. The molecule has 0 saturated carbocycles. The molecular formula is C33H33N5O5. The number of benzene rings is 4. The Morgan fingerprint density at radius 1 is 0.814 bits per heavy atom. The molecule has 0 spiro atoms. The zero-order chi connectivity index (χ0) is 30.6. The molecule has 1 unspecified atom stereocenters. The number of carbonyl (C=O) groups excluding carboxylic acids is 3. The molecule has 0 fully saturated rings. The normalized spacial score (nSPS) is 11.1. The van der Waals surface area contributed by atoms with Crippen molar-refractivity contribution in [2.75, 3.05) is 11.9 Å². The molecule has 10 heteroatoms. The van der Waals surface area contributed by atoms with E-state index in [2.05, 4.69) is 15.6 Å². The number of esters is 1. The van der Waals surface area contributed by atoms with Crippen molar-refractivity contribution in [2.24, 2.45) is 16.5 Å². The first-order valence-corrected chi connectivity index (χ1v) is 13.7. The number of para-hydroxylation sites is 1. The van der Waals surface area contributed by atoms with Crippen molar-refractivity contribution >= 4 is 35.1 Å². The van der Waals surface area contributed by atoms with Crippen LogP contribution in [0.2, 0.25) is 0 Å². The SMILES string of the molecule is CCOC(=O)Cc1ccc(NC(=O)C(Cc2cccc(Oc3ccccc3)c2)NC(=O)c2ccc(N=C(N)N)cc2)cc1. The summed E-state index contributed by atoms with van der Waals surface area (Å²) in [6, 6.07) is 29.0. The molecule has 0 aliphatic carbocycles. The third-order valence-corrected chi connectivity index (χ3v) is 6.20. The minimum atomic E-state index is -0.934. The number of hydrogen-bond acceptors (Lipinski definition) is 6. The van der Waals surface area contributed by atoms with E-state index in [4.69, 9.17) is 20.9 Å². The van der Waals surface area contributed by atoms with Crippen LogP contribution >= 0.6 is 0 Å². The quantitative estimate of drug-likeness (QED) is 0.110. The Morgan fingerprint density at radius 2 is 1.51 bits per heavy atom. The standard InChI is InChI=1S/C33H33N5O5/c1-2-42-30(39)21-22-11-15-25(16-12-22)36-32(41)29(38-31(40)24-13-17-26(18-14-24)37-33(34)35)20-23-7-6-10-28(19-23)43-27-8-4-3-5-9-27/h3-19,29H,2,20-21H2,1H3,(H,36,41)(H,38,40)(H4,34,35,37). The van der Waals surface area contributed by atoms with Crippen LogP contribution in [0.1, 0.15) is 28.4 Å². The Hall–Kier alpha value is -5.64. The van der Waals surface area contributed by atoms with E-state index in [1.807, 2.05) is 54.6 Å². The van der Waals surface area contributed by atoms with Crippen LogP contribution in [-0.2, 0) is 27.2 Å². The van der Waals surface area contributed by atoms with Gasteiger partial charge in [0.05, 0.1) is 18.7 Å². The van der Waals surface area contributed by atoms with E-state index >= 15 is 0 Å². The highest BCUT2D eigenvalue weighted by molar-refractivity contribution is 6.01. The number of amides is 2. The van der Waals surface area contributed by atoms with Gasteiger partial charge in [-0.25, -0.2) is 4.99 Å². The summed E-state index contributed by atoms with van der Waals surface area (Å²) in [7, 11) is 0. The van der Waals surface area contributed by atoms with Crippen LogP contribution in [-0.4, -0.2) is 36.4 Å². The van der Waals surface area contributed by atoms with Crippen LogP contribution in [0.25, 0.3) is 0 Å². The molecule has 0 saturated heterocycles. The van der Waals surface area contributed by atoms with Gasteiger partial charge in [0.15, 0.2) is 5.96 Å². The van der Waals surface area contributed by atoms with Crippen molar-refractivity contribution in [1.82, 2.24) is 5.32 Å². The second-order valence-electron chi connectivity index (χ2n) is 9.54. The van der Waals surface area contributed by atoms with Gasteiger partial charge in [0.25, 0.3) is 5.91 Å². The van der Waals surface area contributed by atoms with Crippen LogP contribution < -0.4 is 26.8 Å². The Balaban J connectivity index is 1.51. The van der Waals surface area contributed by atoms with Gasteiger partial charge in [0, 0.05) is 17.7 Å². The highest BCUT2D eigenvalue weighted by atomic mass is 16.5. The Kier molecular flexibility index (Phi) is 10.5. The van der Waals surface area contributed by atoms with Crippen molar-refractivity contribution in [2.45, 2.75) is 25.8 Å². The second kappa shape index (κ2) is 14.8. The van der Waals surface area contributed by atoms with E-state index in [1.165, 1.54) is 0 Å². The van der Waals surface area contributed by atoms with Crippen LogP contribution in [0.5, 0.6) is 11.5 Å². The third kappa shape index (κ3) is 9.46. The van der Waals surface area contributed by atoms with Crippen molar-refractivity contribution in [3.8, 4) is 11.5 Å². The molecule has 1 atom stereocenters. The predicted molar refractivity (Wildman–Crippen MR) is 165 cm³/mol. The molecule has 4 rings (SSSR count). The smallest absolute Gasteiger partial charge is 0.310 e. The summed E-state index contributed by atoms with van der Waals surface area (Å²) in [5, 5.41) is 5.71. The number of aliphatic imine (C=N–C) groups is 1. The summed E-state index contributed by atoms with van der Waals surface area (Å²) in [5.41, 5.74) is 13.7. The average molecular weight is 580 g/mol. The van der Waals surface area contributed by atoms with E-state index in [-0.39, 0.29) is 24.8 Å². The lowest BCUT2D eigenvalue weighted by Crippen LogP contribution is -2.45. The number of rotatable bonds is 12. The topological polar surface area (TPSA) is 158 Å². The summed E-state index contributed by atoms with van der Waals surface area (Å²) in [6.45, 7) is 2.06. The van der Waals surface area contributed by atoms with E-state index in [0.29, 0.717) is 35.0 Å². The number of ether oxygens (including phenoxy) is 2. The maximum atomic E-state index is 13.5. The van der Waals surface area contributed by atoms with Crippen molar-refractivity contribution in [1.29, 1.82) is 0 Å².